The summed E-state index contributed by atoms with van der Waals surface area (Å²) < 4.78 is 6.09. The normalized spacial score (nSPS) is 38.6. The molecular weight excluding hydrogens is 612 g/mol. The van der Waals surface area contributed by atoms with Gasteiger partial charge in [-0.1, -0.05) is 19.8 Å². The van der Waals surface area contributed by atoms with Crippen LogP contribution in [0.25, 0.3) is 0 Å². The Morgan fingerprint density at radius 1 is 0.837 bits per heavy atom. The Labute approximate surface area is 291 Å². The molecule has 0 saturated heterocycles. The lowest BCUT2D eigenvalue weighted by Crippen LogP contribution is -2.50. The molecule has 0 heterocycles. The quantitative estimate of drug-likeness (QED) is 0.108. The smallest absolute Gasteiger partial charge is 0.311 e. The molecule has 0 radical (unpaired) electrons. The molecule has 0 aliphatic heterocycles. The third-order valence-corrected chi connectivity index (χ3v) is 15.3. The summed E-state index contributed by atoms with van der Waals surface area (Å²) in [6.45, 7) is 4.48. The van der Waals surface area contributed by atoms with Gasteiger partial charge in [0, 0.05) is 23.5 Å². The molecule has 0 spiro atoms. The number of benzene rings is 2. The van der Waals surface area contributed by atoms with Crippen molar-refractivity contribution in [1.82, 2.24) is 0 Å². The van der Waals surface area contributed by atoms with Crippen molar-refractivity contribution in [2.45, 2.75) is 140 Å². The molecule has 4 saturated carbocycles. The minimum atomic E-state index is -1.02. The molecule has 6 heteroatoms. The highest BCUT2D eigenvalue weighted by Crippen LogP contribution is 2.65. The maximum Gasteiger partial charge on any atom is 0.311 e. The van der Waals surface area contributed by atoms with Gasteiger partial charge in [0.05, 0.1) is 6.10 Å². The molecule has 0 amide bonds. The Hall–Kier alpha value is -3.01. The number of rotatable bonds is 6. The van der Waals surface area contributed by atoms with Gasteiger partial charge in [-0.3, -0.25) is 4.79 Å². The van der Waals surface area contributed by atoms with Crippen molar-refractivity contribution in [3.63, 3.8) is 0 Å². The molecular formula is C43H54O6. The van der Waals surface area contributed by atoms with E-state index in [0.717, 1.165) is 94.6 Å². The lowest BCUT2D eigenvalue weighted by Gasteiger charge is -2.52. The summed E-state index contributed by atoms with van der Waals surface area (Å²) in [6, 6.07) is 7.38. The van der Waals surface area contributed by atoms with Crippen molar-refractivity contribution in [1.29, 1.82) is 0 Å². The van der Waals surface area contributed by atoms with Crippen molar-refractivity contribution >= 4 is 5.97 Å². The van der Waals surface area contributed by atoms with Crippen LogP contribution in [0.3, 0.4) is 0 Å². The first-order chi connectivity index (χ1) is 23.5. The van der Waals surface area contributed by atoms with Gasteiger partial charge in [0.25, 0.3) is 0 Å². The van der Waals surface area contributed by atoms with E-state index in [1.165, 1.54) is 16.7 Å². The summed E-state index contributed by atoms with van der Waals surface area (Å²) in [7, 11) is 0. The van der Waals surface area contributed by atoms with Crippen LogP contribution in [-0.2, 0) is 24.1 Å². The molecule has 0 bridgehead atoms. The van der Waals surface area contributed by atoms with Crippen LogP contribution < -0.4 is 4.74 Å². The van der Waals surface area contributed by atoms with E-state index in [1.54, 1.807) is 6.07 Å². The van der Waals surface area contributed by atoms with E-state index in [4.69, 9.17) is 11.2 Å². The second kappa shape index (κ2) is 12.1. The summed E-state index contributed by atoms with van der Waals surface area (Å²) in [5.41, 5.74) is 4.77. The average molecular weight is 667 g/mol. The predicted molar refractivity (Wildman–Crippen MR) is 188 cm³/mol. The van der Waals surface area contributed by atoms with Gasteiger partial charge in [-0.15, -0.1) is 6.42 Å². The van der Waals surface area contributed by atoms with Gasteiger partial charge < -0.3 is 25.2 Å². The fourth-order valence-corrected chi connectivity index (χ4v) is 12.8. The molecule has 4 N–H and O–H groups in total. The Morgan fingerprint density at radius 2 is 1.51 bits per heavy atom. The number of aliphatic hydroxyl groups is 2. The van der Waals surface area contributed by atoms with E-state index in [2.05, 4.69) is 19.8 Å². The third-order valence-electron chi connectivity index (χ3n) is 15.3. The van der Waals surface area contributed by atoms with E-state index in [0.29, 0.717) is 66.3 Å². The molecule has 4 fully saturated rings. The number of carbonyl (C=O) groups excluding carboxylic acids is 1. The number of ether oxygens (including phenoxy) is 1. The third kappa shape index (κ3) is 5.16. The molecule has 6 aliphatic carbocycles. The molecule has 2 aromatic carbocycles. The molecule has 2 aromatic rings. The number of aryl methyl sites for hydroxylation is 3. The molecule has 262 valence electrons. The Morgan fingerprint density at radius 3 is 2.27 bits per heavy atom. The van der Waals surface area contributed by atoms with Crippen molar-refractivity contribution in [2.24, 2.45) is 34.5 Å². The molecule has 6 aliphatic rings. The second-order valence-electron chi connectivity index (χ2n) is 17.3. The van der Waals surface area contributed by atoms with Crippen LogP contribution >= 0.6 is 0 Å². The van der Waals surface area contributed by atoms with Crippen molar-refractivity contribution < 1.29 is 30.0 Å². The number of phenols is 2. The van der Waals surface area contributed by atoms with Crippen LogP contribution in [0.15, 0.2) is 24.3 Å². The fraction of sp³-hybridized carbons (Fsp3) is 0.651. The highest BCUT2D eigenvalue weighted by molar-refractivity contribution is 5.73. The summed E-state index contributed by atoms with van der Waals surface area (Å²) in [5.74, 6) is 6.03. The highest BCUT2D eigenvalue weighted by atomic mass is 16.5. The molecule has 6 nitrogen and oxygen atoms in total. The lowest BCUT2D eigenvalue weighted by atomic mass is 9.53. The first-order valence-corrected chi connectivity index (χ1v) is 19.2. The monoisotopic (exact) mass is 666 g/mol. The van der Waals surface area contributed by atoms with Gasteiger partial charge in [0.2, 0.25) is 0 Å². The van der Waals surface area contributed by atoms with Gasteiger partial charge in [-0.05, 0) is 178 Å². The number of terminal acetylenes is 1. The fourth-order valence-electron chi connectivity index (χ4n) is 12.8. The highest BCUT2D eigenvalue weighted by Gasteiger charge is 2.61. The van der Waals surface area contributed by atoms with Crippen molar-refractivity contribution in [3.05, 3.63) is 52.1 Å². The standard InChI is InChI=1S/C43H54O6/c1-4-43(48)20-17-35-31-12-9-26-22-28(44)21-25(39(26)32(31)16-19-42(35,43)3)7-5-6-8-38(47)49-36-24-29(45)23-27-10-11-30-33(40(27)36)15-18-41(2)34(30)13-14-37(41)46/h1,21-24,30-35,37,44-46,48H,5-20H2,2-3H3/t30-,31-,32+,33+,34+,35+,37-,41+,42?,43+/m1/s1. The van der Waals surface area contributed by atoms with E-state index < -0.39 is 5.60 Å². The Bertz CT molecular complexity index is 1690. The zero-order chi connectivity index (χ0) is 34.3. The molecule has 49 heavy (non-hydrogen) atoms. The Kier molecular flexibility index (Phi) is 8.15. The van der Waals surface area contributed by atoms with Crippen LogP contribution in [0.2, 0.25) is 0 Å². The largest absolute Gasteiger partial charge is 0.508 e. The van der Waals surface area contributed by atoms with Crippen molar-refractivity contribution in [2.75, 3.05) is 0 Å². The maximum absolute atomic E-state index is 13.3. The number of esters is 1. The Balaban J connectivity index is 0.938. The van der Waals surface area contributed by atoms with Gasteiger partial charge in [-0.25, -0.2) is 0 Å². The van der Waals surface area contributed by atoms with Gasteiger partial charge in [0.15, 0.2) is 0 Å². The van der Waals surface area contributed by atoms with Crippen LogP contribution in [0, 0.1) is 46.8 Å². The van der Waals surface area contributed by atoms with E-state index in [-0.39, 0.29) is 28.7 Å². The number of aromatic hydroxyl groups is 2. The summed E-state index contributed by atoms with van der Waals surface area (Å²) >= 11 is 0. The first-order valence-electron chi connectivity index (χ1n) is 19.2. The van der Waals surface area contributed by atoms with Gasteiger partial charge in [-0.2, -0.15) is 0 Å². The number of hydrogen-bond donors (Lipinski definition) is 4. The molecule has 8 rings (SSSR count). The molecule has 0 aromatic heterocycles. The van der Waals surface area contributed by atoms with Crippen LogP contribution in [-0.4, -0.2) is 38.1 Å². The van der Waals surface area contributed by atoms with Crippen LogP contribution in [0.1, 0.15) is 137 Å². The van der Waals surface area contributed by atoms with Crippen molar-refractivity contribution in [3.8, 4) is 29.6 Å². The molecule has 1 unspecified atom stereocenters. The van der Waals surface area contributed by atoms with Gasteiger partial charge in [0.1, 0.15) is 22.8 Å². The number of fused-ring (bicyclic) bond motifs is 10. The number of unbranched alkanes of at least 4 members (excludes halogenated alkanes) is 1. The van der Waals surface area contributed by atoms with E-state index >= 15 is 0 Å². The molecule has 10 atom stereocenters. The SMILES string of the molecule is C#C[C@]1(O)CC[C@H]2[C@@H]3CCc4cc(O)cc(CCCCC(=O)Oc5cc(O)cc6c5[C@H]5CC[C@]7(C)[C@H](O)CC[C@H]7[C@@H]5CC6)c4[C@H]3CCC21C. The number of aliphatic hydroxyl groups excluding tert-OH is 1. The first kappa shape index (κ1) is 33.2. The summed E-state index contributed by atoms with van der Waals surface area (Å²) in [4.78, 5) is 13.3. The van der Waals surface area contributed by atoms with Crippen LogP contribution in [0.5, 0.6) is 17.2 Å². The topological polar surface area (TPSA) is 107 Å². The zero-order valence-electron chi connectivity index (χ0n) is 29.3. The van der Waals surface area contributed by atoms with Gasteiger partial charge >= 0.3 is 5.97 Å². The average Bonchev–Trinajstić information content (AvgIpc) is 3.53. The minimum absolute atomic E-state index is 0.0243. The zero-order valence-corrected chi connectivity index (χ0v) is 29.3. The minimum Gasteiger partial charge on any atom is -0.508 e. The number of phenolic OH excluding ortho intramolecular Hbond substituents is 2. The number of carbonyl (C=O) groups is 1. The van der Waals surface area contributed by atoms with E-state index in [1.807, 2.05) is 18.2 Å². The predicted octanol–water partition coefficient (Wildman–Crippen LogP) is 7.85. The number of hydrogen-bond acceptors (Lipinski definition) is 6. The summed E-state index contributed by atoms with van der Waals surface area (Å²) in [5, 5.41) is 43.4. The second-order valence-corrected chi connectivity index (χ2v) is 17.3. The maximum atomic E-state index is 13.3. The van der Waals surface area contributed by atoms with Crippen LogP contribution in [0.4, 0.5) is 0 Å². The summed E-state index contributed by atoms with van der Waals surface area (Å²) in [6.07, 6.45) is 19.6. The van der Waals surface area contributed by atoms with E-state index in [9.17, 15) is 25.2 Å². The lowest BCUT2D eigenvalue weighted by molar-refractivity contribution is -0.134.